The Morgan fingerprint density at radius 3 is 2.11 bits per heavy atom. The monoisotopic (exact) mass is 256 g/mol. The first-order valence-electron chi connectivity index (χ1n) is 5.21. The molecule has 0 amide bonds. The Morgan fingerprint density at radius 2 is 1.72 bits per heavy atom. The second kappa shape index (κ2) is 4.04. The Bertz CT molecular complexity index is 570. The van der Waals surface area contributed by atoms with Crippen molar-refractivity contribution < 1.29 is 18.3 Å². The molecular weight excluding hydrogens is 245 g/mol. The first-order chi connectivity index (χ1) is 8.30. The summed E-state index contributed by atoms with van der Waals surface area (Å²) in [7, 11) is 1.66. The van der Waals surface area contributed by atoms with Gasteiger partial charge in [0.25, 0.3) is 0 Å². The summed E-state index contributed by atoms with van der Waals surface area (Å²) >= 11 is 0. The van der Waals surface area contributed by atoms with E-state index in [9.17, 15) is 18.3 Å². The van der Waals surface area contributed by atoms with E-state index in [2.05, 4.69) is 5.10 Å². The molecule has 0 saturated carbocycles. The maximum atomic E-state index is 12.4. The average molecular weight is 256 g/mol. The smallest absolute Gasteiger partial charge is 0.416 e. The molecule has 0 aliphatic rings. The number of aryl methyl sites for hydroxylation is 1. The molecule has 0 aliphatic carbocycles. The fourth-order valence-corrected chi connectivity index (χ4v) is 1.61. The number of rotatable bonds is 1. The van der Waals surface area contributed by atoms with Gasteiger partial charge in [0.1, 0.15) is 5.69 Å². The van der Waals surface area contributed by atoms with E-state index in [0.29, 0.717) is 11.3 Å². The summed E-state index contributed by atoms with van der Waals surface area (Å²) in [5.74, 6) is -0.0164. The maximum Gasteiger partial charge on any atom is 0.416 e. The third kappa shape index (κ3) is 2.05. The van der Waals surface area contributed by atoms with Gasteiger partial charge in [-0.2, -0.15) is 18.3 Å². The van der Waals surface area contributed by atoms with Gasteiger partial charge < -0.3 is 5.11 Å². The molecule has 6 heteroatoms. The topological polar surface area (TPSA) is 38.1 Å². The lowest BCUT2D eigenvalue weighted by atomic mass is 10.1. The molecular formula is C12H11F3N2O. The van der Waals surface area contributed by atoms with Gasteiger partial charge in [0.2, 0.25) is 0 Å². The number of benzene rings is 1. The molecule has 2 rings (SSSR count). The minimum atomic E-state index is -4.36. The van der Waals surface area contributed by atoms with Crippen LogP contribution in [0.1, 0.15) is 11.3 Å². The minimum Gasteiger partial charge on any atom is -0.504 e. The largest absolute Gasteiger partial charge is 0.504 e. The van der Waals surface area contributed by atoms with Gasteiger partial charge in [0.05, 0.1) is 11.3 Å². The maximum absolute atomic E-state index is 12.4. The summed E-state index contributed by atoms with van der Waals surface area (Å²) in [4.78, 5) is 0. The van der Waals surface area contributed by atoms with Crippen LogP contribution >= 0.6 is 0 Å². The summed E-state index contributed by atoms with van der Waals surface area (Å²) in [6.45, 7) is 1.68. The lowest BCUT2D eigenvalue weighted by Gasteiger charge is -2.06. The summed E-state index contributed by atoms with van der Waals surface area (Å²) in [5.41, 5.74) is 0.566. The van der Waals surface area contributed by atoms with E-state index in [1.165, 1.54) is 16.8 Å². The van der Waals surface area contributed by atoms with Crippen molar-refractivity contribution in [3.05, 3.63) is 35.5 Å². The molecule has 18 heavy (non-hydrogen) atoms. The molecule has 0 fully saturated rings. The highest BCUT2D eigenvalue weighted by Gasteiger charge is 2.30. The normalized spacial score (nSPS) is 11.8. The van der Waals surface area contributed by atoms with Crippen LogP contribution in [0.15, 0.2) is 24.3 Å². The highest BCUT2D eigenvalue weighted by Crippen LogP contribution is 2.34. The lowest BCUT2D eigenvalue weighted by molar-refractivity contribution is -0.137. The van der Waals surface area contributed by atoms with Crippen LogP contribution in [-0.2, 0) is 13.2 Å². The van der Waals surface area contributed by atoms with Crippen molar-refractivity contribution in [3.8, 4) is 17.0 Å². The molecule has 3 nitrogen and oxygen atoms in total. The first-order valence-corrected chi connectivity index (χ1v) is 5.21. The van der Waals surface area contributed by atoms with E-state index in [1.807, 2.05) is 0 Å². The molecule has 0 bridgehead atoms. The van der Waals surface area contributed by atoms with E-state index in [0.717, 1.165) is 12.1 Å². The Labute approximate surface area is 101 Å². The Balaban J connectivity index is 2.44. The van der Waals surface area contributed by atoms with Gasteiger partial charge in [-0.25, -0.2) is 0 Å². The molecule has 2 aromatic rings. The second-order valence-electron chi connectivity index (χ2n) is 3.98. The van der Waals surface area contributed by atoms with Crippen LogP contribution in [-0.4, -0.2) is 14.9 Å². The van der Waals surface area contributed by atoms with Crippen molar-refractivity contribution in [3.63, 3.8) is 0 Å². The van der Waals surface area contributed by atoms with E-state index < -0.39 is 11.7 Å². The molecule has 96 valence electrons. The van der Waals surface area contributed by atoms with Crippen molar-refractivity contribution in [2.45, 2.75) is 13.1 Å². The Hall–Kier alpha value is -1.98. The van der Waals surface area contributed by atoms with Crippen LogP contribution < -0.4 is 0 Å². The molecule has 0 aliphatic heterocycles. The van der Waals surface area contributed by atoms with Crippen molar-refractivity contribution >= 4 is 0 Å². The van der Waals surface area contributed by atoms with Gasteiger partial charge in [0.15, 0.2) is 5.75 Å². The van der Waals surface area contributed by atoms with Crippen LogP contribution in [0.5, 0.6) is 5.75 Å². The summed E-state index contributed by atoms with van der Waals surface area (Å²) in [6, 6.07) is 4.53. The Morgan fingerprint density at radius 1 is 1.17 bits per heavy atom. The zero-order valence-electron chi connectivity index (χ0n) is 9.78. The Kier molecular flexibility index (Phi) is 2.80. The average Bonchev–Trinajstić information content (AvgIpc) is 2.56. The zero-order valence-corrected chi connectivity index (χ0v) is 9.78. The van der Waals surface area contributed by atoms with Gasteiger partial charge in [-0.15, -0.1) is 0 Å². The summed E-state index contributed by atoms with van der Waals surface area (Å²) in [5, 5.41) is 13.9. The predicted molar refractivity (Wildman–Crippen MR) is 60.0 cm³/mol. The van der Waals surface area contributed by atoms with Gasteiger partial charge in [-0.05, 0) is 19.1 Å². The fraction of sp³-hybridized carbons (Fsp3) is 0.250. The van der Waals surface area contributed by atoms with Crippen molar-refractivity contribution in [2.24, 2.45) is 7.05 Å². The van der Waals surface area contributed by atoms with E-state index in [1.54, 1.807) is 14.0 Å². The summed E-state index contributed by atoms with van der Waals surface area (Å²) in [6.07, 6.45) is -4.36. The number of nitrogens with zero attached hydrogens (tertiary/aromatic N) is 2. The van der Waals surface area contributed by atoms with Crippen LogP contribution in [0.3, 0.4) is 0 Å². The number of halogens is 3. The molecule has 0 saturated heterocycles. The predicted octanol–water partition coefficient (Wildman–Crippen LogP) is 3.12. The number of hydrogen-bond acceptors (Lipinski definition) is 2. The number of aromatic hydroxyl groups is 1. The molecule has 0 unspecified atom stereocenters. The third-order valence-corrected chi connectivity index (χ3v) is 2.79. The number of aromatic nitrogens is 2. The molecule has 1 heterocycles. The van der Waals surface area contributed by atoms with Gasteiger partial charge in [-0.1, -0.05) is 12.1 Å². The van der Waals surface area contributed by atoms with Crippen molar-refractivity contribution in [2.75, 3.05) is 0 Å². The van der Waals surface area contributed by atoms with Gasteiger partial charge in [0, 0.05) is 12.6 Å². The summed E-state index contributed by atoms with van der Waals surface area (Å²) < 4.78 is 38.7. The second-order valence-corrected chi connectivity index (χ2v) is 3.98. The molecule has 1 aromatic carbocycles. The molecule has 1 aromatic heterocycles. The molecule has 1 N–H and O–H groups in total. The zero-order chi connectivity index (χ0) is 13.5. The third-order valence-electron chi connectivity index (χ3n) is 2.79. The molecule has 0 atom stereocenters. The van der Waals surface area contributed by atoms with Crippen molar-refractivity contribution in [1.29, 1.82) is 0 Å². The minimum absolute atomic E-state index is 0.0164. The van der Waals surface area contributed by atoms with Gasteiger partial charge in [-0.3, -0.25) is 4.68 Å². The molecule has 0 spiro atoms. The standard InChI is InChI=1S/C12H11F3N2O/c1-7-11(18)10(16-17(7)2)8-3-5-9(6-4-8)12(13,14)15/h3-6,18H,1-2H3. The van der Waals surface area contributed by atoms with E-state index in [4.69, 9.17) is 0 Å². The van der Waals surface area contributed by atoms with Crippen LogP contribution in [0.2, 0.25) is 0 Å². The quantitative estimate of drug-likeness (QED) is 0.851. The van der Waals surface area contributed by atoms with Crippen LogP contribution in [0.25, 0.3) is 11.3 Å². The fourth-order valence-electron chi connectivity index (χ4n) is 1.61. The first kappa shape index (κ1) is 12.5. The van der Waals surface area contributed by atoms with Gasteiger partial charge >= 0.3 is 6.18 Å². The molecule has 0 radical (unpaired) electrons. The lowest BCUT2D eigenvalue weighted by Crippen LogP contribution is -2.04. The highest BCUT2D eigenvalue weighted by atomic mass is 19.4. The number of hydrogen-bond donors (Lipinski definition) is 1. The SMILES string of the molecule is Cc1c(O)c(-c2ccc(C(F)(F)F)cc2)nn1C. The van der Waals surface area contributed by atoms with Crippen molar-refractivity contribution in [1.82, 2.24) is 9.78 Å². The van der Waals surface area contributed by atoms with E-state index >= 15 is 0 Å². The van der Waals surface area contributed by atoms with Crippen LogP contribution in [0.4, 0.5) is 13.2 Å². The van der Waals surface area contributed by atoms with Crippen LogP contribution in [0, 0.1) is 6.92 Å². The van der Waals surface area contributed by atoms with E-state index in [-0.39, 0.29) is 11.4 Å². The number of alkyl halides is 3. The highest BCUT2D eigenvalue weighted by molar-refractivity contribution is 5.67.